The lowest BCUT2D eigenvalue weighted by atomic mass is 9.55. The van der Waals surface area contributed by atoms with E-state index in [0.717, 1.165) is 39.1 Å². The van der Waals surface area contributed by atoms with Crippen molar-refractivity contribution >= 4 is 35.1 Å². The summed E-state index contributed by atoms with van der Waals surface area (Å²) in [5, 5.41) is 0. The highest BCUT2D eigenvalue weighted by Crippen LogP contribution is 2.61. The fourth-order valence-corrected chi connectivity index (χ4v) is 7.90. The summed E-state index contributed by atoms with van der Waals surface area (Å²) in [6, 6.07) is 28.8. The number of carbonyl (C=O) groups is 4. The number of benzene rings is 4. The van der Waals surface area contributed by atoms with E-state index in [4.69, 9.17) is 4.74 Å². The average Bonchev–Trinajstić information content (AvgIpc) is 3.55. The maximum absolute atomic E-state index is 14.0. The number of rotatable bonds is 4. The van der Waals surface area contributed by atoms with Crippen molar-refractivity contribution in [2.24, 2.45) is 17.8 Å². The maximum atomic E-state index is 14.0. The summed E-state index contributed by atoms with van der Waals surface area (Å²) >= 11 is 0. The van der Waals surface area contributed by atoms with E-state index in [0.29, 0.717) is 11.4 Å². The molecule has 2 aliphatic heterocycles. The highest BCUT2D eigenvalue weighted by Gasteiger charge is 2.61. The molecular formula is C37H30N2O5. The normalized spacial score (nSPS) is 24.8. The van der Waals surface area contributed by atoms with Gasteiger partial charge in [-0.25, -0.2) is 4.90 Å². The van der Waals surface area contributed by atoms with Crippen LogP contribution in [0, 0.1) is 31.6 Å². The third-order valence-corrected chi connectivity index (χ3v) is 9.88. The number of ether oxygens (including phenoxy) is 1. The summed E-state index contributed by atoms with van der Waals surface area (Å²) in [5.41, 5.74) is 7.80. The van der Waals surface area contributed by atoms with Crippen molar-refractivity contribution in [3.8, 4) is 5.75 Å². The minimum atomic E-state index is -0.592. The molecule has 2 fully saturated rings. The van der Waals surface area contributed by atoms with Gasteiger partial charge in [-0.15, -0.1) is 0 Å². The van der Waals surface area contributed by atoms with Crippen LogP contribution in [0.3, 0.4) is 0 Å². The Morgan fingerprint density at radius 3 is 1.82 bits per heavy atom. The van der Waals surface area contributed by atoms with Crippen molar-refractivity contribution in [1.82, 2.24) is 0 Å². The van der Waals surface area contributed by atoms with Crippen molar-refractivity contribution < 1.29 is 23.9 Å². The zero-order valence-electron chi connectivity index (χ0n) is 24.4. The Kier molecular flexibility index (Phi) is 5.88. The lowest BCUT2D eigenvalue weighted by molar-refractivity contribution is -0.139. The number of aryl methyl sites for hydroxylation is 2. The van der Waals surface area contributed by atoms with E-state index in [-0.39, 0.29) is 42.5 Å². The first kappa shape index (κ1) is 26.6. The van der Waals surface area contributed by atoms with Crippen LogP contribution in [0.1, 0.15) is 51.6 Å². The molecule has 3 aliphatic carbocycles. The number of carbonyl (C=O) groups excluding carboxylic acids is 4. The van der Waals surface area contributed by atoms with Gasteiger partial charge in [-0.05, 0) is 77.6 Å². The average molecular weight is 583 g/mol. The minimum Gasteiger partial charge on any atom is -0.426 e. The number of hydrogen-bond acceptors (Lipinski definition) is 5. The largest absolute Gasteiger partial charge is 0.426 e. The third kappa shape index (κ3) is 3.81. The third-order valence-electron chi connectivity index (χ3n) is 9.88. The monoisotopic (exact) mass is 582 g/mol. The molecule has 0 aromatic heterocycles. The number of nitrogens with zero attached hydrogens (tertiary/aromatic N) is 2. The number of amides is 3. The smallest absolute Gasteiger partial charge is 0.316 e. The molecule has 218 valence electrons. The summed E-state index contributed by atoms with van der Waals surface area (Å²) in [6.45, 7) is 4.17. The molecule has 2 heterocycles. The second kappa shape index (κ2) is 9.74. The summed E-state index contributed by atoms with van der Waals surface area (Å²) < 4.78 is 5.67. The Hall–Kier alpha value is -5.04. The van der Waals surface area contributed by atoms with Crippen molar-refractivity contribution in [2.45, 2.75) is 32.1 Å². The lowest BCUT2D eigenvalue weighted by Gasteiger charge is -2.45. The second-order valence-corrected chi connectivity index (χ2v) is 12.4. The molecule has 0 N–H and O–H groups in total. The van der Waals surface area contributed by atoms with Crippen LogP contribution in [0.2, 0.25) is 0 Å². The van der Waals surface area contributed by atoms with Gasteiger partial charge >= 0.3 is 5.97 Å². The van der Waals surface area contributed by atoms with Crippen LogP contribution >= 0.6 is 0 Å². The Balaban J connectivity index is 1.02. The van der Waals surface area contributed by atoms with E-state index in [1.165, 1.54) is 4.90 Å². The molecule has 0 saturated carbocycles. The molecule has 7 nitrogen and oxygen atoms in total. The van der Waals surface area contributed by atoms with Crippen LogP contribution in [-0.2, 0) is 19.2 Å². The van der Waals surface area contributed by atoms with Gasteiger partial charge in [0.2, 0.25) is 17.7 Å². The molecule has 7 heteroatoms. The summed E-state index contributed by atoms with van der Waals surface area (Å²) in [6.07, 6.45) is 0.0803. The first-order valence-corrected chi connectivity index (χ1v) is 15.1. The fraction of sp³-hybridized carbons (Fsp3) is 0.243. The van der Waals surface area contributed by atoms with E-state index >= 15 is 0 Å². The van der Waals surface area contributed by atoms with Gasteiger partial charge < -0.3 is 9.64 Å². The summed E-state index contributed by atoms with van der Waals surface area (Å²) in [5.74, 6) is -2.54. The Bertz CT molecular complexity index is 1780. The van der Waals surface area contributed by atoms with Crippen LogP contribution < -0.4 is 14.5 Å². The number of hydrogen-bond donors (Lipinski definition) is 0. The number of anilines is 2. The zero-order valence-corrected chi connectivity index (χ0v) is 24.4. The molecule has 5 aliphatic rings. The molecule has 4 aromatic carbocycles. The molecule has 9 rings (SSSR count). The van der Waals surface area contributed by atoms with E-state index in [1.807, 2.05) is 56.3 Å². The standard InChI is InChI=1S/C37H30N2O5/c1-20-11-12-21(2)29(17-20)38-19-22(18-30(38)40)37(43)44-24-15-13-23(14-16-24)39-35(41)33-31-25-7-3-4-8-26(25)32(34(33)36(39)42)28-10-6-5-9-27(28)31/h3-17,22,31-34H,18-19H2,1-2H3/t22-,31?,32?,33-,34-/m1/s1. The van der Waals surface area contributed by atoms with Crippen molar-refractivity contribution in [3.63, 3.8) is 0 Å². The zero-order chi connectivity index (χ0) is 30.3. The SMILES string of the molecule is Cc1ccc(C)c(N2C[C@H](C(=O)Oc3ccc(N4C(=O)[C@@H]5C6c7ccccc7C(c7ccccc76)[C@H]5C4=O)cc3)CC2=O)c1. The molecule has 2 bridgehead atoms. The minimum absolute atomic E-state index is 0.0803. The maximum Gasteiger partial charge on any atom is 0.316 e. The van der Waals surface area contributed by atoms with E-state index < -0.39 is 23.7 Å². The fourth-order valence-electron chi connectivity index (χ4n) is 7.90. The van der Waals surface area contributed by atoms with E-state index in [9.17, 15) is 19.2 Å². The molecule has 44 heavy (non-hydrogen) atoms. The van der Waals surface area contributed by atoms with Gasteiger partial charge in [0.15, 0.2) is 0 Å². The van der Waals surface area contributed by atoms with Crippen molar-refractivity contribution in [3.05, 3.63) is 124 Å². The highest BCUT2D eigenvalue weighted by atomic mass is 16.5. The van der Waals surface area contributed by atoms with Gasteiger partial charge in [0, 0.05) is 30.5 Å². The molecule has 4 aromatic rings. The highest BCUT2D eigenvalue weighted by molar-refractivity contribution is 6.23. The van der Waals surface area contributed by atoms with E-state index in [2.05, 4.69) is 24.3 Å². The Morgan fingerprint density at radius 1 is 0.727 bits per heavy atom. The summed E-state index contributed by atoms with van der Waals surface area (Å²) in [7, 11) is 0. The molecular weight excluding hydrogens is 552 g/mol. The van der Waals surface area contributed by atoms with Crippen LogP contribution in [-0.4, -0.2) is 30.2 Å². The van der Waals surface area contributed by atoms with Gasteiger partial charge in [0.25, 0.3) is 0 Å². The first-order valence-electron chi connectivity index (χ1n) is 15.1. The second-order valence-electron chi connectivity index (χ2n) is 12.4. The van der Waals surface area contributed by atoms with Crippen LogP contribution in [0.4, 0.5) is 11.4 Å². The van der Waals surface area contributed by atoms with Gasteiger partial charge in [-0.3, -0.25) is 19.2 Å². The van der Waals surface area contributed by atoms with Crippen molar-refractivity contribution in [2.75, 3.05) is 16.3 Å². The predicted molar refractivity (Wildman–Crippen MR) is 164 cm³/mol. The molecule has 3 atom stereocenters. The van der Waals surface area contributed by atoms with Crippen LogP contribution in [0.25, 0.3) is 0 Å². The van der Waals surface area contributed by atoms with Crippen LogP contribution in [0.5, 0.6) is 5.75 Å². The van der Waals surface area contributed by atoms with E-state index in [1.54, 1.807) is 29.2 Å². The Morgan fingerprint density at radius 2 is 1.27 bits per heavy atom. The summed E-state index contributed by atoms with van der Waals surface area (Å²) in [4.78, 5) is 56.9. The lowest BCUT2D eigenvalue weighted by Crippen LogP contribution is -2.41. The van der Waals surface area contributed by atoms with Gasteiger partial charge in [0.05, 0.1) is 23.4 Å². The van der Waals surface area contributed by atoms with Gasteiger partial charge in [-0.2, -0.15) is 0 Å². The number of esters is 1. The Labute approximate surface area is 255 Å². The first-order chi connectivity index (χ1) is 21.3. The molecule has 3 amide bonds. The van der Waals surface area contributed by atoms with Crippen molar-refractivity contribution in [1.29, 1.82) is 0 Å². The molecule has 0 radical (unpaired) electrons. The molecule has 2 saturated heterocycles. The van der Waals surface area contributed by atoms with Gasteiger partial charge in [-0.1, -0.05) is 60.7 Å². The number of imide groups is 1. The predicted octanol–water partition coefficient (Wildman–Crippen LogP) is 5.66. The molecule has 0 unspecified atom stereocenters. The van der Waals surface area contributed by atoms with Crippen LogP contribution in [0.15, 0.2) is 91.0 Å². The topological polar surface area (TPSA) is 84.0 Å². The quantitative estimate of drug-likeness (QED) is 0.176. The molecule has 0 spiro atoms. The van der Waals surface area contributed by atoms with Gasteiger partial charge in [0.1, 0.15) is 5.75 Å².